The Morgan fingerprint density at radius 1 is 1.10 bits per heavy atom. The summed E-state index contributed by atoms with van der Waals surface area (Å²) in [5.74, 6) is 2.14. The van der Waals surface area contributed by atoms with Crippen LogP contribution in [0.5, 0.6) is 5.75 Å². The molecule has 0 aliphatic rings. The van der Waals surface area contributed by atoms with Gasteiger partial charge in [0.05, 0.1) is 12.8 Å². The predicted octanol–water partition coefficient (Wildman–Crippen LogP) is 3.67. The number of rotatable bonds is 5. The molecule has 1 heterocycles. The fraction of sp³-hybridized carbons (Fsp3) is 0.375. The number of ether oxygens (including phenoxy) is 1. The van der Waals surface area contributed by atoms with Crippen LogP contribution in [0.25, 0.3) is 0 Å². The topological polar surface area (TPSA) is 59.1 Å². The smallest absolute Gasteiger partial charge is 0.229 e. The van der Waals surface area contributed by atoms with E-state index in [0.29, 0.717) is 12.0 Å². The van der Waals surface area contributed by atoms with Crippen LogP contribution in [0.3, 0.4) is 0 Å². The van der Waals surface area contributed by atoms with E-state index < -0.39 is 0 Å². The lowest BCUT2D eigenvalue weighted by molar-refractivity contribution is 0.416. The summed E-state index contributed by atoms with van der Waals surface area (Å²) in [7, 11) is 1.65. The minimum Gasteiger partial charge on any atom is -0.495 e. The lowest BCUT2D eigenvalue weighted by Crippen LogP contribution is -2.12. The Kier molecular flexibility index (Phi) is 4.62. The SMILES string of the molecule is COc1ccc(C)cc1Nc1nc(C)cc(NC(C)C)n1. The van der Waals surface area contributed by atoms with Gasteiger partial charge in [-0.1, -0.05) is 6.07 Å². The number of hydrogen-bond donors (Lipinski definition) is 2. The van der Waals surface area contributed by atoms with Crippen LogP contribution in [-0.2, 0) is 0 Å². The maximum atomic E-state index is 5.36. The van der Waals surface area contributed by atoms with Crippen molar-refractivity contribution in [2.75, 3.05) is 17.7 Å². The average molecular weight is 286 g/mol. The highest BCUT2D eigenvalue weighted by Gasteiger charge is 2.08. The molecule has 2 N–H and O–H groups in total. The number of benzene rings is 1. The van der Waals surface area contributed by atoms with Crippen molar-refractivity contribution in [2.24, 2.45) is 0 Å². The van der Waals surface area contributed by atoms with Crippen molar-refractivity contribution < 1.29 is 4.74 Å². The molecule has 0 aliphatic heterocycles. The van der Waals surface area contributed by atoms with E-state index in [9.17, 15) is 0 Å². The summed E-state index contributed by atoms with van der Waals surface area (Å²) in [6.45, 7) is 8.14. The van der Waals surface area contributed by atoms with E-state index in [4.69, 9.17) is 4.74 Å². The van der Waals surface area contributed by atoms with E-state index >= 15 is 0 Å². The standard InChI is InChI=1S/C16H22N4O/c1-10(2)17-15-9-12(4)18-16(20-15)19-13-8-11(3)6-7-14(13)21-5/h6-10H,1-5H3,(H2,17,18,19,20). The number of hydrogen-bond acceptors (Lipinski definition) is 5. The van der Waals surface area contributed by atoms with Gasteiger partial charge in [0.25, 0.3) is 0 Å². The van der Waals surface area contributed by atoms with Gasteiger partial charge in [-0.15, -0.1) is 0 Å². The van der Waals surface area contributed by atoms with Gasteiger partial charge < -0.3 is 15.4 Å². The molecule has 21 heavy (non-hydrogen) atoms. The highest BCUT2D eigenvalue weighted by atomic mass is 16.5. The quantitative estimate of drug-likeness (QED) is 0.878. The van der Waals surface area contributed by atoms with Gasteiger partial charge in [-0.25, -0.2) is 4.98 Å². The fourth-order valence-electron chi connectivity index (χ4n) is 2.03. The van der Waals surface area contributed by atoms with Gasteiger partial charge in [-0.3, -0.25) is 0 Å². The first kappa shape index (κ1) is 15.1. The highest BCUT2D eigenvalue weighted by Crippen LogP contribution is 2.27. The minimum atomic E-state index is 0.320. The molecule has 1 aromatic heterocycles. The number of anilines is 3. The molecule has 0 spiro atoms. The van der Waals surface area contributed by atoms with Crippen LogP contribution >= 0.6 is 0 Å². The second-order valence-electron chi connectivity index (χ2n) is 5.35. The van der Waals surface area contributed by atoms with Gasteiger partial charge in [0, 0.05) is 17.8 Å². The molecule has 0 radical (unpaired) electrons. The maximum absolute atomic E-state index is 5.36. The van der Waals surface area contributed by atoms with Gasteiger partial charge in [0.15, 0.2) is 0 Å². The lowest BCUT2D eigenvalue weighted by atomic mass is 10.2. The molecule has 0 bridgehead atoms. The third-order valence-electron chi connectivity index (χ3n) is 2.89. The molecule has 112 valence electrons. The first-order valence-electron chi connectivity index (χ1n) is 7.02. The summed E-state index contributed by atoms with van der Waals surface area (Å²) in [5.41, 5.74) is 2.91. The lowest BCUT2D eigenvalue weighted by Gasteiger charge is -2.14. The molecule has 0 aliphatic carbocycles. The van der Waals surface area contributed by atoms with E-state index in [-0.39, 0.29) is 0 Å². The van der Waals surface area contributed by atoms with Crippen molar-refractivity contribution in [1.29, 1.82) is 0 Å². The second-order valence-corrected chi connectivity index (χ2v) is 5.35. The zero-order chi connectivity index (χ0) is 15.4. The average Bonchev–Trinajstić information content (AvgIpc) is 2.37. The monoisotopic (exact) mass is 286 g/mol. The fourth-order valence-corrected chi connectivity index (χ4v) is 2.03. The van der Waals surface area contributed by atoms with Crippen molar-refractivity contribution in [3.63, 3.8) is 0 Å². The van der Waals surface area contributed by atoms with Crippen molar-refractivity contribution in [3.05, 3.63) is 35.5 Å². The Hall–Kier alpha value is -2.30. The Labute approximate surface area is 125 Å². The molecular formula is C16H22N4O. The van der Waals surface area contributed by atoms with Gasteiger partial charge in [0.2, 0.25) is 5.95 Å². The number of nitrogens with zero attached hydrogens (tertiary/aromatic N) is 2. The molecule has 0 fully saturated rings. The van der Waals surface area contributed by atoms with Crippen molar-refractivity contribution in [2.45, 2.75) is 33.7 Å². The van der Waals surface area contributed by atoms with Gasteiger partial charge in [-0.2, -0.15) is 4.98 Å². The zero-order valence-corrected chi connectivity index (χ0v) is 13.2. The number of nitrogens with one attached hydrogen (secondary N) is 2. The number of aromatic nitrogens is 2. The molecule has 2 aromatic rings. The van der Waals surface area contributed by atoms with E-state index in [1.807, 2.05) is 38.1 Å². The summed E-state index contributed by atoms with van der Waals surface area (Å²) in [5, 5.41) is 6.52. The Balaban J connectivity index is 2.31. The van der Waals surface area contributed by atoms with Gasteiger partial charge in [0.1, 0.15) is 11.6 Å². The highest BCUT2D eigenvalue weighted by molar-refractivity contribution is 5.64. The van der Waals surface area contributed by atoms with E-state index in [0.717, 1.165) is 28.5 Å². The normalized spacial score (nSPS) is 10.6. The van der Waals surface area contributed by atoms with Crippen LogP contribution < -0.4 is 15.4 Å². The molecule has 0 unspecified atom stereocenters. The molecule has 0 saturated heterocycles. The predicted molar refractivity (Wildman–Crippen MR) is 86.5 cm³/mol. The van der Waals surface area contributed by atoms with E-state index in [1.165, 1.54) is 0 Å². The minimum absolute atomic E-state index is 0.320. The van der Waals surface area contributed by atoms with Gasteiger partial charge >= 0.3 is 0 Å². The first-order valence-corrected chi connectivity index (χ1v) is 7.02. The van der Waals surface area contributed by atoms with Crippen LogP contribution in [0.4, 0.5) is 17.5 Å². The summed E-state index contributed by atoms with van der Waals surface area (Å²) >= 11 is 0. The third kappa shape index (κ3) is 4.08. The Bertz CT molecular complexity index is 626. The molecule has 0 saturated carbocycles. The van der Waals surface area contributed by atoms with E-state index in [1.54, 1.807) is 7.11 Å². The van der Waals surface area contributed by atoms with E-state index in [2.05, 4.69) is 34.4 Å². The number of methoxy groups -OCH3 is 1. The van der Waals surface area contributed by atoms with Crippen LogP contribution in [0, 0.1) is 13.8 Å². The summed E-state index contributed by atoms with van der Waals surface area (Å²) in [6.07, 6.45) is 0. The van der Waals surface area contributed by atoms with Crippen LogP contribution in [-0.4, -0.2) is 23.1 Å². The number of aryl methyl sites for hydroxylation is 2. The molecule has 2 rings (SSSR count). The second kappa shape index (κ2) is 6.43. The molecule has 0 amide bonds. The van der Waals surface area contributed by atoms with Gasteiger partial charge in [-0.05, 0) is 45.4 Å². The molecule has 5 heteroatoms. The largest absolute Gasteiger partial charge is 0.495 e. The van der Waals surface area contributed by atoms with Crippen LogP contribution in [0.15, 0.2) is 24.3 Å². The summed E-state index contributed by atoms with van der Waals surface area (Å²) in [4.78, 5) is 8.91. The maximum Gasteiger partial charge on any atom is 0.229 e. The van der Waals surface area contributed by atoms with Crippen molar-refractivity contribution in [1.82, 2.24) is 9.97 Å². The third-order valence-corrected chi connectivity index (χ3v) is 2.89. The molecule has 0 atom stereocenters. The molecule has 1 aromatic carbocycles. The Morgan fingerprint density at radius 3 is 2.52 bits per heavy atom. The zero-order valence-electron chi connectivity index (χ0n) is 13.2. The van der Waals surface area contributed by atoms with Crippen LogP contribution in [0.1, 0.15) is 25.1 Å². The van der Waals surface area contributed by atoms with Crippen molar-refractivity contribution in [3.8, 4) is 5.75 Å². The Morgan fingerprint density at radius 2 is 1.86 bits per heavy atom. The molecular weight excluding hydrogens is 264 g/mol. The summed E-state index contributed by atoms with van der Waals surface area (Å²) < 4.78 is 5.36. The molecule has 5 nitrogen and oxygen atoms in total. The first-order chi connectivity index (χ1) is 9.97. The summed E-state index contributed by atoms with van der Waals surface area (Å²) in [6, 6.07) is 8.20. The van der Waals surface area contributed by atoms with Crippen molar-refractivity contribution >= 4 is 17.5 Å². The van der Waals surface area contributed by atoms with Crippen LogP contribution in [0.2, 0.25) is 0 Å².